The second-order valence-electron chi connectivity index (χ2n) is 3.74. The first-order chi connectivity index (χ1) is 6.63. The molecule has 0 aliphatic carbocycles. The van der Waals surface area contributed by atoms with Crippen LogP contribution >= 0.6 is 0 Å². The summed E-state index contributed by atoms with van der Waals surface area (Å²) in [5.74, 6) is 0.353. The molecule has 0 radical (unpaired) electrons. The van der Waals surface area contributed by atoms with E-state index in [1.54, 1.807) is 6.92 Å². The Balaban J connectivity index is 2.64. The van der Waals surface area contributed by atoms with Gasteiger partial charge in [-0.3, -0.25) is 4.79 Å². The molecule has 0 aliphatic heterocycles. The maximum absolute atomic E-state index is 11.1. The average molecular weight is 191 g/mol. The second-order valence-corrected chi connectivity index (χ2v) is 3.74. The molecule has 14 heavy (non-hydrogen) atoms. The van der Waals surface area contributed by atoms with E-state index in [1.807, 2.05) is 31.2 Å². The third kappa shape index (κ3) is 2.96. The summed E-state index contributed by atoms with van der Waals surface area (Å²) in [6.45, 7) is 4.17. The largest absolute Gasteiger partial charge is 0.326 e. The van der Waals surface area contributed by atoms with Crippen molar-refractivity contribution in [1.82, 2.24) is 0 Å². The van der Waals surface area contributed by atoms with Crippen LogP contribution < -0.4 is 5.73 Å². The van der Waals surface area contributed by atoms with Crippen LogP contribution in [0.25, 0.3) is 0 Å². The van der Waals surface area contributed by atoms with Crippen molar-refractivity contribution in [3.8, 4) is 0 Å². The fourth-order valence-corrected chi connectivity index (χ4v) is 1.31. The molecule has 2 heteroatoms. The van der Waals surface area contributed by atoms with Crippen molar-refractivity contribution in [2.75, 3.05) is 0 Å². The Morgan fingerprint density at radius 2 is 1.79 bits per heavy atom. The molecular weight excluding hydrogens is 174 g/mol. The summed E-state index contributed by atoms with van der Waals surface area (Å²) >= 11 is 0. The summed E-state index contributed by atoms with van der Waals surface area (Å²) in [6, 6.07) is 8.12. The van der Waals surface area contributed by atoms with Crippen LogP contribution in [0.5, 0.6) is 0 Å². The zero-order valence-corrected chi connectivity index (χ0v) is 8.79. The molecule has 0 spiro atoms. The van der Waals surface area contributed by atoms with Gasteiger partial charge in [0.05, 0.1) is 0 Å². The highest BCUT2D eigenvalue weighted by Gasteiger charge is 2.07. The molecule has 1 unspecified atom stereocenters. The highest BCUT2D eigenvalue weighted by molar-refractivity contribution is 5.78. The van der Waals surface area contributed by atoms with Crippen LogP contribution in [0.1, 0.15) is 25.0 Å². The number of ketones is 1. The smallest absolute Gasteiger partial charge is 0.132 e. The zero-order valence-electron chi connectivity index (χ0n) is 8.79. The first-order valence-corrected chi connectivity index (χ1v) is 4.92. The van der Waals surface area contributed by atoms with Gasteiger partial charge in [-0.2, -0.15) is 0 Å². The van der Waals surface area contributed by atoms with Crippen LogP contribution in [0.4, 0.5) is 0 Å². The van der Waals surface area contributed by atoms with Gasteiger partial charge >= 0.3 is 0 Å². The minimum Gasteiger partial charge on any atom is -0.326 e. The van der Waals surface area contributed by atoms with E-state index < -0.39 is 0 Å². The molecule has 2 nitrogen and oxygen atoms in total. The maximum atomic E-state index is 11.1. The van der Waals surface area contributed by atoms with E-state index >= 15 is 0 Å². The molecule has 0 aromatic heterocycles. The Morgan fingerprint density at radius 3 is 2.21 bits per heavy atom. The molecular formula is C12H17NO. The monoisotopic (exact) mass is 191 g/mol. The molecule has 0 saturated carbocycles. The van der Waals surface area contributed by atoms with E-state index in [0.717, 1.165) is 12.0 Å². The lowest BCUT2D eigenvalue weighted by atomic mass is 9.97. The molecule has 1 rings (SSSR count). The molecule has 1 atom stereocenters. The number of Topliss-reactive ketones (excluding diaryl/α,β-unsaturated/α-hetero) is 1. The van der Waals surface area contributed by atoms with Gasteiger partial charge in [0.15, 0.2) is 0 Å². The molecule has 2 N–H and O–H groups in total. The topological polar surface area (TPSA) is 43.1 Å². The van der Waals surface area contributed by atoms with Crippen LogP contribution in [0.15, 0.2) is 24.3 Å². The van der Waals surface area contributed by atoms with Crippen LogP contribution in [0.2, 0.25) is 0 Å². The van der Waals surface area contributed by atoms with Gasteiger partial charge in [0.2, 0.25) is 0 Å². The first kappa shape index (κ1) is 10.9. The number of hydrogen-bond acceptors (Lipinski definition) is 2. The lowest BCUT2D eigenvalue weighted by Gasteiger charge is -2.07. The minimum absolute atomic E-state index is 0.110. The number of hydrogen-bond donors (Lipinski definition) is 1. The van der Waals surface area contributed by atoms with Crippen LogP contribution in [0, 0.1) is 5.92 Å². The summed E-state index contributed by atoms with van der Waals surface area (Å²) in [7, 11) is 0. The summed E-state index contributed by atoms with van der Waals surface area (Å²) in [6.07, 6.45) is 0.820. The molecule has 1 aromatic rings. The molecule has 76 valence electrons. The Morgan fingerprint density at radius 1 is 1.29 bits per heavy atom. The summed E-state index contributed by atoms with van der Waals surface area (Å²) in [5, 5.41) is 0. The van der Waals surface area contributed by atoms with E-state index in [4.69, 9.17) is 5.73 Å². The SMILES string of the molecule is CC(=O)C(C)Cc1ccc(CN)cc1. The van der Waals surface area contributed by atoms with Gasteiger partial charge in [0.25, 0.3) is 0 Å². The van der Waals surface area contributed by atoms with Crippen LogP contribution in [-0.2, 0) is 17.8 Å². The number of rotatable bonds is 4. The van der Waals surface area contributed by atoms with Crippen molar-refractivity contribution in [2.24, 2.45) is 11.7 Å². The molecule has 0 aliphatic rings. The normalized spacial score (nSPS) is 12.5. The average Bonchev–Trinajstić information content (AvgIpc) is 2.19. The third-order valence-corrected chi connectivity index (χ3v) is 2.49. The fourth-order valence-electron chi connectivity index (χ4n) is 1.31. The quantitative estimate of drug-likeness (QED) is 0.790. The van der Waals surface area contributed by atoms with Gasteiger partial charge < -0.3 is 5.73 Å². The van der Waals surface area contributed by atoms with Crippen molar-refractivity contribution >= 4 is 5.78 Å². The predicted molar refractivity (Wildman–Crippen MR) is 57.9 cm³/mol. The van der Waals surface area contributed by atoms with Crippen molar-refractivity contribution in [3.05, 3.63) is 35.4 Å². The lowest BCUT2D eigenvalue weighted by Crippen LogP contribution is -2.09. The Kier molecular flexibility index (Phi) is 3.84. The van der Waals surface area contributed by atoms with Crippen LogP contribution in [0.3, 0.4) is 0 Å². The number of benzene rings is 1. The molecule has 0 heterocycles. The van der Waals surface area contributed by atoms with Crippen molar-refractivity contribution in [2.45, 2.75) is 26.8 Å². The van der Waals surface area contributed by atoms with Crippen molar-refractivity contribution < 1.29 is 4.79 Å². The van der Waals surface area contributed by atoms with E-state index in [0.29, 0.717) is 6.54 Å². The maximum Gasteiger partial charge on any atom is 0.132 e. The van der Waals surface area contributed by atoms with Gasteiger partial charge in [-0.1, -0.05) is 31.2 Å². The predicted octanol–water partition coefficient (Wildman–Crippen LogP) is 1.91. The molecule has 1 aromatic carbocycles. The highest BCUT2D eigenvalue weighted by Crippen LogP contribution is 2.10. The van der Waals surface area contributed by atoms with E-state index in [2.05, 4.69) is 0 Å². The van der Waals surface area contributed by atoms with E-state index in [9.17, 15) is 4.79 Å². The van der Waals surface area contributed by atoms with Crippen LogP contribution in [-0.4, -0.2) is 5.78 Å². The molecule has 0 amide bonds. The minimum atomic E-state index is 0.110. The second kappa shape index (κ2) is 4.91. The fraction of sp³-hybridized carbons (Fsp3) is 0.417. The van der Waals surface area contributed by atoms with Gasteiger partial charge in [-0.25, -0.2) is 0 Å². The first-order valence-electron chi connectivity index (χ1n) is 4.92. The molecule has 0 fully saturated rings. The number of carbonyl (C=O) groups is 1. The van der Waals surface area contributed by atoms with Gasteiger partial charge in [-0.05, 0) is 24.5 Å². The highest BCUT2D eigenvalue weighted by atomic mass is 16.1. The van der Waals surface area contributed by atoms with Crippen molar-refractivity contribution in [1.29, 1.82) is 0 Å². The molecule has 0 bridgehead atoms. The Bertz CT molecular complexity index is 303. The van der Waals surface area contributed by atoms with Crippen molar-refractivity contribution in [3.63, 3.8) is 0 Å². The number of nitrogens with two attached hydrogens (primary N) is 1. The number of carbonyl (C=O) groups excluding carboxylic acids is 1. The Hall–Kier alpha value is -1.15. The Labute approximate surface area is 85.1 Å². The third-order valence-electron chi connectivity index (χ3n) is 2.49. The van der Waals surface area contributed by atoms with Gasteiger partial charge in [0, 0.05) is 12.5 Å². The summed E-state index contributed by atoms with van der Waals surface area (Å²) in [4.78, 5) is 11.1. The standard InChI is InChI=1S/C12H17NO/c1-9(10(2)14)7-11-3-5-12(8-13)6-4-11/h3-6,9H,7-8,13H2,1-2H3. The molecule has 0 saturated heterocycles. The van der Waals surface area contributed by atoms with Gasteiger partial charge in [-0.15, -0.1) is 0 Å². The zero-order chi connectivity index (χ0) is 10.6. The summed E-state index contributed by atoms with van der Waals surface area (Å²) in [5.41, 5.74) is 7.82. The van der Waals surface area contributed by atoms with Gasteiger partial charge in [0.1, 0.15) is 5.78 Å². The van der Waals surface area contributed by atoms with E-state index in [-0.39, 0.29) is 11.7 Å². The van der Waals surface area contributed by atoms with E-state index in [1.165, 1.54) is 5.56 Å². The lowest BCUT2D eigenvalue weighted by molar-refractivity contribution is -0.120. The summed E-state index contributed by atoms with van der Waals surface area (Å²) < 4.78 is 0.